The van der Waals surface area contributed by atoms with Crippen molar-refractivity contribution in [1.82, 2.24) is 0 Å². The molecule has 3 aromatic rings. The van der Waals surface area contributed by atoms with E-state index in [0.717, 1.165) is 11.4 Å². The van der Waals surface area contributed by atoms with Crippen LogP contribution in [0.3, 0.4) is 0 Å². The normalized spacial score (nSPS) is 10.8. The van der Waals surface area contributed by atoms with Crippen LogP contribution in [-0.2, 0) is 10.0 Å². The van der Waals surface area contributed by atoms with Crippen LogP contribution < -0.4 is 24.8 Å². The van der Waals surface area contributed by atoms with Crippen molar-refractivity contribution in [1.29, 1.82) is 0 Å². The van der Waals surface area contributed by atoms with E-state index in [0.29, 0.717) is 27.3 Å². The van der Waals surface area contributed by atoms with E-state index >= 15 is 0 Å². The predicted molar refractivity (Wildman–Crippen MR) is 128 cm³/mol. The first-order valence-corrected chi connectivity index (χ1v) is 11.3. The lowest BCUT2D eigenvalue weighted by molar-refractivity contribution is 0.415. The SMILES string of the molecule is COc1ccc(NC(=S)Nc2ccc(S(=O)(=O)Nc3ccc(Cl)cc3)cc2OC)cc1. The molecule has 0 aliphatic heterocycles. The van der Waals surface area contributed by atoms with Gasteiger partial charge in [-0.2, -0.15) is 0 Å². The van der Waals surface area contributed by atoms with E-state index in [-0.39, 0.29) is 4.90 Å². The maximum atomic E-state index is 12.7. The number of sulfonamides is 1. The van der Waals surface area contributed by atoms with E-state index in [1.165, 1.54) is 19.2 Å². The van der Waals surface area contributed by atoms with Crippen molar-refractivity contribution in [2.45, 2.75) is 4.90 Å². The van der Waals surface area contributed by atoms with Gasteiger partial charge < -0.3 is 20.1 Å². The Hall–Kier alpha value is -3.01. The third-order valence-corrected chi connectivity index (χ3v) is 6.01. The van der Waals surface area contributed by atoms with Gasteiger partial charge in [-0.05, 0) is 72.9 Å². The van der Waals surface area contributed by atoms with Crippen LogP contribution in [0.2, 0.25) is 5.02 Å². The summed E-state index contributed by atoms with van der Waals surface area (Å²) in [4.78, 5) is 0.0406. The van der Waals surface area contributed by atoms with Gasteiger partial charge >= 0.3 is 0 Å². The zero-order valence-electron chi connectivity index (χ0n) is 16.7. The molecule has 0 heterocycles. The summed E-state index contributed by atoms with van der Waals surface area (Å²) in [6, 6.07) is 18.1. The Kier molecular flexibility index (Phi) is 7.21. The number of thiocarbonyl (C=S) groups is 1. The fourth-order valence-electron chi connectivity index (χ4n) is 2.63. The molecule has 0 aliphatic carbocycles. The molecule has 3 rings (SSSR count). The van der Waals surface area contributed by atoms with Crippen LogP contribution in [0.4, 0.5) is 17.1 Å². The molecule has 0 atom stereocenters. The molecule has 10 heteroatoms. The second-order valence-corrected chi connectivity index (χ2v) is 8.81. The molecule has 7 nitrogen and oxygen atoms in total. The summed E-state index contributed by atoms with van der Waals surface area (Å²) in [5.41, 5.74) is 1.68. The van der Waals surface area contributed by atoms with Crippen molar-refractivity contribution in [2.75, 3.05) is 29.6 Å². The Morgan fingerprint density at radius 3 is 2.13 bits per heavy atom. The lowest BCUT2D eigenvalue weighted by atomic mass is 10.3. The smallest absolute Gasteiger partial charge is 0.262 e. The largest absolute Gasteiger partial charge is 0.497 e. The fourth-order valence-corrected chi connectivity index (χ4v) is 4.06. The number of hydrogen-bond acceptors (Lipinski definition) is 5. The first-order chi connectivity index (χ1) is 14.8. The van der Waals surface area contributed by atoms with Crippen molar-refractivity contribution < 1.29 is 17.9 Å². The van der Waals surface area contributed by atoms with Crippen molar-refractivity contribution in [3.8, 4) is 11.5 Å². The van der Waals surface area contributed by atoms with Gasteiger partial charge in [0.2, 0.25) is 0 Å². The number of nitrogens with one attached hydrogen (secondary N) is 3. The monoisotopic (exact) mass is 477 g/mol. The highest BCUT2D eigenvalue weighted by Gasteiger charge is 2.17. The quantitative estimate of drug-likeness (QED) is 0.414. The standard InChI is InChI=1S/C21H20ClN3O4S2/c1-28-17-9-7-15(8-10-17)23-21(30)24-19-12-11-18(13-20(19)29-2)31(26,27)25-16-5-3-14(22)4-6-16/h3-13,25H,1-2H3,(H2,23,24,30). The molecule has 0 saturated carbocycles. The van der Waals surface area contributed by atoms with Crippen LogP contribution in [0.1, 0.15) is 0 Å². The molecule has 0 bridgehead atoms. The molecule has 0 saturated heterocycles. The van der Waals surface area contributed by atoms with Gasteiger partial charge in [0.05, 0.1) is 24.8 Å². The first kappa shape index (κ1) is 22.7. The maximum Gasteiger partial charge on any atom is 0.262 e. The Labute approximate surface area is 191 Å². The van der Waals surface area contributed by atoms with Gasteiger partial charge in [0.15, 0.2) is 5.11 Å². The Bertz CT molecular complexity index is 1170. The van der Waals surface area contributed by atoms with E-state index in [1.807, 2.05) is 12.1 Å². The Morgan fingerprint density at radius 1 is 0.871 bits per heavy atom. The topological polar surface area (TPSA) is 88.7 Å². The molecule has 3 N–H and O–H groups in total. The summed E-state index contributed by atoms with van der Waals surface area (Å²) in [6.07, 6.45) is 0. The highest BCUT2D eigenvalue weighted by Crippen LogP contribution is 2.29. The maximum absolute atomic E-state index is 12.7. The summed E-state index contributed by atoms with van der Waals surface area (Å²) in [7, 11) is -0.779. The third kappa shape index (κ3) is 6.00. The molecule has 0 unspecified atom stereocenters. The third-order valence-electron chi connectivity index (χ3n) is 4.18. The van der Waals surface area contributed by atoms with Crippen molar-refractivity contribution >= 4 is 56.0 Å². The molecule has 3 aromatic carbocycles. The molecular weight excluding hydrogens is 458 g/mol. The predicted octanol–water partition coefficient (Wildman–Crippen LogP) is 4.97. The van der Waals surface area contributed by atoms with E-state index in [2.05, 4.69) is 15.4 Å². The van der Waals surface area contributed by atoms with Gasteiger partial charge in [-0.1, -0.05) is 11.6 Å². The van der Waals surface area contributed by atoms with Gasteiger partial charge in [-0.25, -0.2) is 8.42 Å². The molecule has 31 heavy (non-hydrogen) atoms. The average molecular weight is 478 g/mol. The van der Waals surface area contributed by atoms with Crippen LogP contribution in [0.25, 0.3) is 0 Å². The van der Waals surface area contributed by atoms with Gasteiger partial charge in [0, 0.05) is 22.5 Å². The minimum atomic E-state index is -3.82. The molecule has 0 aromatic heterocycles. The lowest BCUT2D eigenvalue weighted by Crippen LogP contribution is -2.20. The molecule has 0 radical (unpaired) electrons. The molecular formula is C21H20ClN3O4S2. The molecule has 0 fully saturated rings. The van der Waals surface area contributed by atoms with Crippen LogP contribution in [0.15, 0.2) is 71.6 Å². The Morgan fingerprint density at radius 2 is 1.52 bits per heavy atom. The van der Waals surface area contributed by atoms with Crippen LogP contribution in [-0.4, -0.2) is 27.7 Å². The van der Waals surface area contributed by atoms with Crippen LogP contribution >= 0.6 is 23.8 Å². The number of benzene rings is 3. The number of anilines is 3. The van der Waals surface area contributed by atoms with Gasteiger partial charge in [0.1, 0.15) is 11.5 Å². The minimum Gasteiger partial charge on any atom is -0.497 e. The average Bonchev–Trinajstić information content (AvgIpc) is 2.76. The number of hydrogen-bond donors (Lipinski definition) is 3. The summed E-state index contributed by atoms with van der Waals surface area (Å²) in [5, 5.41) is 6.88. The number of rotatable bonds is 7. The zero-order valence-corrected chi connectivity index (χ0v) is 19.1. The first-order valence-electron chi connectivity index (χ1n) is 8.99. The van der Waals surface area contributed by atoms with Crippen LogP contribution in [0, 0.1) is 0 Å². The number of ether oxygens (including phenoxy) is 2. The van der Waals surface area contributed by atoms with E-state index < -0.39 is 10.0 Å². The molecule has 0 spiro atoms. The van der Waals surface area contributed by atoms with Gasteiger partial charge in [-0.3, -0.25) is 4.72 Å². The van der Waals surface area contributed by atoms with E-state index in [1.54, 1.807) is 49.6 Å². The summed E-state index contributed by atoms with van der Waals surface area (Å²) < 4.78 is 38.4. The van der Waals surface area contributed by atoms with Gasteiger partial charge in [0.25, 0.3) is 10.0 Å². The summed E-state index contributed by atoms with van der Waals surface area (Å²) in [5.74, 6) is 1.05. The number of methoxy groups -OCH3 is 2. The summed E-state index contributed by atoms with van der Waals surface area (Å²) >= 11 is 11.2. The second-order valence-electron chi connectivity index (χ2n) is 6.28. The summed E-state index contributed by atoms with van der Waals surface area (Å²) in [6.45, 7) is 0. The van der Waals surface area contributed by atoms with Gasteiger partial charge in [-0.15, -0.1) is 0 Å². The van der Waals surface area contributed by atoms with Crippen molar-refractivity contribution in [2.24, 2.45) is 0 Å². The molecule has 162 valence electrons. The van der Waals surface area contributed by atoms with Crippen LogP contribution in [0.5, 0.6) is 11.5 Å². The minimum absolute atomic E-state index is 0.0406. The van der Waals surface area contributed by atoms with Crippen molar-refractivity contribution in [3.63, 3.8) is 0 Å². The van der Waals surface area contributed by atoms with E-state index in [4.69, 9.17) is 33.3 Å². The highest BCUT2D eigenvalue weighted by molar-refractivity contribution is 7.92. The molecule has 0 amide bonds. The number of halogens is 1. The second kappa shape index (κ2) is 9.86. The fraction of sp³-hybridized carbons (Fsp3) is 0.0952. The zero-order chi connectivity index (χ0) is 22.4. The Balaban J connectivity index is 1.73. The lowest BCUT2D eigenvalue weighted by Gasteiger charge is -2.15. The van der Waals surface area contributed by atoms with E-state index in [9.17, 15) is 8.42 Å². The molecule has 0 aliphatic rings. The highest BCUT2D eigenvalue weighted by atomic mass is 35.5. The van der Waals surface area contributed by atoms with Crippen molar-refractivity contribution in [3.05, 3.63) is 71.8 Å².